The Morgan fingerprint density at radius 1 is 1.13 bits per heavy atom. The maximum absolute atomic E-state index is 12.6. The number of rotatable bonds is 9. The molecule has 0 unspecified atom stereocenters. The van der Waals surface area contributed by atoms with Crippen LogP contribution in [0.5, 0.6) is 0 Å². The van der Waals surface area contributed by atoms with Crippen molar-refractivity contribution in [2.45, 2.75) is 49.7 Å². The van der Waals surface area contributed by atoms with Crippen molar-refractivity contribution in [3.63, 3.8) is 0 Å². The SMILES string of the molecule is CC(C)(C#Cc1ccc(NC(=O)CSc2nnnn2-c2ccc(C3CC3)cc2Cl)c(Cl)c1)NC(=O)CC(=O)O. The van der Waals surface area contributed by atoms with Crippen molar-refractivity contribution >= 4 is 58.4 Å². The number of halogens is 2. The predicted molar refractivity (Wildman–Crippen MR) is 148 cm³/mol. The monoisotopic (exact) mass is 586 g/mol. The topological polar surface area (TPSA) is 139 Å². The molecule has 39 heavy (non-hydrogen) atoms. The molecule has 1 aliphatic carbocycles. The minimum atomic E-state index is -1.22. The molecule has 10 nitrogen and oxygen atoms in total. The molecule has 4 rings (SSSR count). The number of benzene rings is 2. The number of hydrogen-bond acceptors (Lipinski definition) is 7. The average Bonchev–Trinajstić information content (AvgIpc) is 3.60. The average molecular weight is 587 g/mol. The van der Waals surface area contributed by atoms with Gasteiger partial charge in [0.15, 0.2) is 0 Å². The van der Waals surface area contributed by atoms with Gasteiger partial charge in [0.1, 0.15) is 6.42 Å². The molecule has 2 aromatic carbocycles. The number of nitrogens with zero attached hydrogens (tertiary/aromatic N) is 4. The van der Waals surface area contributed by atoms with Gasteiger partial charge in [0, 0.05) is 5.56 Å². The van der Waals surface area contributed by atoms with Gasteiger partial charge < -0.3 is 15.7 Å². The smallest absolute Gasteiger partial charge is 0.312 e. The minimum absolute atomic E-state index is 0.0280. The number of carbonyl (C=O) groups is 3. The second kappa shape index (κ2) is 12.1. The number of nitrogens with one attached hydrogen (secondary N) is 2. The van der Waals surface area contributed by atoms with Crippen molar-refractivity contribution in [3.8, 4) is 17.5 Å². The number of anilines is 1. The third-order valence-corrected chi connectivity index (χ3v) is 7.08. The van der Waals surface area contributed by atoms with E-state index in [0.29, 0.717) is 33.0 Å². The van der Waals surface area contributed by atoms with Crippen LogP contribution in [0.1, 0.15) is 50.2 Å². The highest BCUT2D eigenvalue weighted by atomic mass is 35.5. The summed E-state index contributed by atoms with van der Waals surface area (Å²) in [7, 11) is 0. The number of thioether (sulfide) groups is 1. The number of amides is 2. The van der Waals surface area contributed by atoms with Crippen LogP contribution in [0.3, 0.4) is 0 Å². The zero-order valence-electron chi connectivity index (χ0n) is 21.0. The summed E-state index contributed by atoms with van der Waals surface area (Å²) < 4.78 is 1.50. The molecule has 1 heterocycles. The first-order valence-corrected chi connectivity index (χ1v) is 13.6. The van der Waals surface area contributed by atoms with Crippen LogP contribution in [-0.4, -0.2) is 54.4 Å². The van der Waals surface area contributed by atoms with Crippen LogP contribution in [0.25, 0.3) is 5.69 Å². The number of carboxylic acid groups (broad SMARTS) is 1. The Balaban J connectivity index is 1.35. The molecule has 1 fully saturated rings. The van der Waals surface area contributed by atoms with E-state index >= 15 is 0 Å². The van der Waals surface area contributed by atoms with Gasteiger partial charge in [-0.3, -0.25) is 14.4 Å². The second-order valence-electron chi connectivity index (χ2n) is 9.38. The fraction of sp³-hybridized carbons (Fsp3) is 0.308. The van der Waals surface area contributed by atoms with Crippen LogP contribution in [0.4, 0.5) is 5.69 Å². The molecule has 1 aromatic heterocycles. The summed E-state index contributed by atoms with van der Waals surface area (Å²) >= 11 is 14.0. The van der Waals surface area contributed by atoms with E-state index in [1.807, 2.05) is 18.2 Å². The Bertz CT molecular complexity index is 1490. The highest BCUT2D eigenvalue weighted by molar-refractivity contribution is 7.99. The molecule has 0 bridgehead atoms. The number of tetrazole rings is 1. The van der Waals surface area contributed by atoms with E-state index in [1.54, 1.807) is 32.0 Å². The van der Waals surface area contributed by atoms with Gasteiger partial charge in [-0.1, -0.05) is 52.9 Å². The normalized spacial score (nSPS) is 12.8. The largest absolute Gasteiger partial charge is 0.481 e. The van der Waals surface area contributed by atoms with Crippen LogP contribution in [-0.2, 0) is 14.4 Å². The molecule has 0 atom stereocenters. The van der Waals surface area contributed by atoms with Gasteiger partial charge in [0.05, 0.1) is 32.7 Å². The van der Waals surface area contributed by atoms with E-state index in [1.165, 1.54) is 23.1 Å². The lowest BCUT2D eigenvalue weighted by Gasteiger charge is -2.19. The molecule has 2 amide bonds. The molecular formula is C26H24Cl2N6O4S. The molecule has 1 aliphatic rings. The lowest BCUT2D eigenvalue weighted by atomic mass is 10.0. The van der Waals surface area contributed by atoms with Crippen LogP contribution in [0, 0.1) is 11.8 Å². The van der Waals surface area contributed by atoms with Crippen LogP contribution >= 0.6 is 35.0 Å². The van der Waals surface area contributed by atoms with Crippen molar-refractivity contribution in [3.05, 3.63) is 57.6 Å². The minimum Gasteiger partial charge on any atom is -0.481 e. The number of carbonyl (C=O) groups excluding carboxylic acids is 2. The van der Waals surface area contributed by atoms with Crippen molar-refractivity contribution in [1.29, 1.82) is 0 Å². The summed E-state index contributed by atoms with van der Waals surface area (Å²) in [5.74, 6) is 4.21. The zero-order chi connectivity index (χ0) is 28.2. The fourth-order valence-corrected chi connectivity index (χ4v) is 4.77. The second-order valence-corrected chi connectivity index (χ2v) is 11.1. The Morgan fingerprint density at radius 3 is 2.56 bits per heavy atom. The summed E-state index contributed by atoms with van der Waals surface area (Å²) in [6, 6.07) is 10.7. The van der Waals surface area contributed by atoms with Crippen molar-refractivity contribution in [2.75, 3.05) is 11.1 Å². The first-order valence-electron chi connectivity index (χ1n) is 11.9. The summed E-state index contributed by atoms with van der Waals surface area (Å²) in [5, 5.41) is 27.0. The lowest BCUT2D eigenvalue weighted by Crippen LogP contribution is -2.42. The predicted octanol–water partition coefficient (Wildman–Crippen LogP) is 4.30. The number of carboxylic acids is 1. The van der Waals surface area contributed by atoms with Gasteiger partial charge in [0.2, 0.25) is 17.0 Å². The molecule has 1 saturated carbocycles. The van der Waals surface area contributed by atoms with Gasteiger partial charge in [-0.25, -0.2) is 0 Å². The van der Waals surface area contributed by atoms with Gasteiger partial charge >= 0.3 is 5.97 Å². The third-order valence-electron chi connectivity index (χ3n) is 5.55. The molecule has 13 heteroatoms. The lowest BCUT2D eigenvalue weighted by molar-refractivity contribution is -0.141. The molecule has 0 aliphatic heterocycles. The van der Waals surface area contributed by atoms with Gasteiger partial charge in [0.25, 0.3) is 0 Å². The summed E-state index contributed by atoms with van der Waals surface area (Å²) in [4.78, 5) is 35.0. The Morgan fingerprint density at radius 2 is 1.90 bits per heavy atom. The third kappa shape index (κ3) is 7.95. The van der Waals surface area contributed by atoms with Crippen LogP contribution < -0.4 is 10.6 Å². The molecule has 0 spiro atoms. The van der Waals surface area contributed by atoms with Crippen molar-refractivity contribution in [1.82, 2.24) is 25.5 Å². The standard InChI is InChI=1S/C26H24Cl2N6O4S/c1-26(2,30-22(35)13-24(37)38)10-9-15-3-7-20(18(27)11-15)29-23(36)14-39-25-31-32-33-34(25)21-8-6-17(12-19(21)28)16-4-5-16/h3,6-8,11-12,16H,4-5,13-14H2,1-2H3,(H,29,36)(H,30,35)(H,37,38). The summed E-state index contributed by atoms with van der Waals surface area (Å²) in [6.45, 7) is 3.31. The highest BCUT2D eigenvalue weighted by Crippen LogP contribution is 2.41. The quantitative estimate of drug-likeness (QED) is 0.191. The van der Waals surface area contributed by atoms with E-state index < -0.39 is 23.8 Å². The molecule has 202 valence electrons. The molecule has 0 saturated heterocycles. The van der Waals surface area contributed by atoms with E-state index in [9.17, 15) is 14.4 Å². The van der Waals surface area contributed by atoms with Crippen LogP contribution in [0.15, 0.2) is 41.6 Å². The number of hydrogen-bond donors (Lipinski definition) is 3. The van der Waals surface area contributed by atoms with Gasteiger partial charge in [-0.2, -0.15) is 4.68 Å². The van der Waals surface area contributed by atoms with E-state index in [-0.39, 0.29) is 16.7 Å². The van der Waals surface area contributed by atoms with Gasteiger partial charge in [-0.15, -0.1) is 5.10 Å². The maximum Gasteiger partial charge on any atom is 0.312 e. The van der Waals surface area contributed by atoms with Crippen LogP contribution in [0.2, 0.25) is 10.0 Å². The Kier molecular flexibility index (Phi) is 8.80. The van der Waals surface area contributed by atoms with Crippen molar-refractivity contribution < 1.29 is 19.5 Å². The Hall–Kier alpha value is -3.59. The first kappa shape index (κ1) is 28.4. The summed E-state index contributed by atoms with van der Waals surface area (Å²) in [6.07, 6.45) is 1.70. The zero-order valence-corrected chi connectivity index (χ0v) is 23.3. The van der Waals surface area contributed by atoms with E-state index in [4.69, 9.17) is 28.3 Å². The molecular weight excluding hydrogens is 563 g/mol. The fourth-order valence-electron chi connectivity index (χ4n) is 3.59. The number of aromatic nitrogens is 4. The molecule has 3 aromatic rings. The first-order chi connectivity index (χ1) is 18.5. The molecule has 3 N–H and O–H groups in total. The number of aliphatic carboxylic acids is 1. The maximum atomic E-state index is 12.6. The Labute approximate surface area is 238 Å². The van der Waals surface area contributed by atoms with E-state index in [2.05, 4.69) is 38.0 Å². The van der Waals surface area contributed by atoms with Gasteiger partial charge in [-0.05, 0) is 78.9 Å². The molecule has 0 radical (unpaired) electrons. The van der Waals surface area contributed by atoms with E-state index in [0.717, 1.165) is 11.8 Å². The highest BCUT2D eigenvalue weighted by Gasteiger charge is 2.25. The van der Waals surface area contributed by atoms with Crippen molar-refractivity contribution in [2.24, 2.45) is 0 Å². The summed E-state index contributed by atoms with van der Waals surface area (Å²) in [5.41, 5.74) is 1.84.